The first kappa shape index (κ1) is 17.8. The van der Waals surface area contributed by atoms with E-state index in [0.29, 0.717) is 6.54 Å². The molecule has 1 N–H and O–H groups in total. The molecule has 1 fully saturated rings. The third-order valence-corrected chi connectivity index (χ3v) is 4.95. The van der Waals surface area contributed by atoms with Gasteiger partial charge >= 0.3 is 7.12 Å². The van der Waals surface area contributed by atoms with E-state index in [1.807, 2.05) is 58.0 Å². The molecule has 1 amide bonds. The number of carbonyl (C=O) groups is 1. The van der Waals surface area contributed by atoms with Crippen molar-refractivity contribution in [3.05, 3.63) is 41.6 Å². The Balaban J connectivity index is 1.96. The van der Waals surface area contributed by atoms with Gasteiger partial charge in [0.05, 0.1) is 17.5 Å². The summed E-state index contributed by atoms with van der Waals surface area (Å²) in [5.41, 5.74) is 1.73. The van der Waals surface area contributed by atoms with Crippen LogP contribution in [0.2, 0.25) is 0 Å². The van der Waals surface area contributed by atoms with Crippen molar-refractivity contribution >= 4 is 30.1 Å². The van der Waals surface area contributed by atoms with Crippen molar-refractivity contribution in [1.29, 1.82) is 0 Å². The second-order valence-corrected chi connectivity index (χ2v) is 7.40. The summed E-state index contributed by atoms with van der Waals surface area (Å²) in [5, 5.41) is 3.85. The number of fused-ring (bicyclic) bond motifs is 1. The zero-order chi connectivity index (χ0) is 18.2. The molecule has 0 atom stereocenters. The first-order valence-corrected chi connectivity index (χ1v) is 8.46. The minimum Gasteiger partial charge on any atom is -0.464 e. The van der Waals surface area contributed by atoms with E-state index in [2.05, 4.69) is 5.32 Å². The molecule has 6 heteroatoms. The Bertz CT molecular complexity index is 806. The Morgan fingerprint density at radius 2 is 1.80 bits per heavy atom. The van der Waals surface area contributed by atoms with Gasteiger partial charge in [0, 0.05) is 24.4 Å². The average molecular weight is 341 g/mol. The minimum atomic E-state index is -0.523. The highest BCUT2D eigenvalue weighted by Crippen LogP contribution is 2.39. The summed E-state index contributed by atoms with van der Waals surface area (Å²) in [7, 11) is -0.523. The maximum atomic E-state index is 11.4. The smallest absolute Gasteiger partial charge is 0.464 e. The third-order valence-electron chi connectivity index (χ3n) is 4.95. The van der Waals surface area contributed by atoms with E-state index >= 15 is 0 Å². The average Bonchev–Trinajstić information content (AvgIpc) is 3.02. The summed E-state index contributed by atoms with van der Waals surface area (Å²) in [6.07, 6.45) is 3.69. The van der Waals surface area contributed by atoms with Crippen LogP contribution in [0.4, 0.5) is 0 Å². The second kappa shape index (κ2) is 6.35. The number of carbonyl (C=O) groups excluding carboxylic acids is 1. The Morgan fingerprint density at radius 1 is 1.16 bits per heavy atom. The van der Waals surface area contributed by atoms with Crippen LogP contribution in [0.15, 0.2) is 40.4 Å². The monoisotopic (exact) mass is 341 g/mol. The van der Waals surface area contributed by atoms with E-state index in [-0.39, 0.29) is 5.91 Å². The Kier molecular flexibility index (Phi) is 4.52. The number of benzene rings is 1. The van der Waals surface area contributed by atoms with Gasteiger partial charge in [-0.25, -0.2) is 0 Å². The number of hydrogen-bond donors (Lipinski definition) is 1. The van der Waals surface area contributed by atoms with Crippen LogP contribution < -0.4 is 5.32 Å². The molecular weight excluding hydrogens is 317 g/mol. The van der Waals surface area contributed by atoms with Crippen LogP contribution >= 0.6 is 0 Å². The van der Waals surface area contributed by atoms with Crippen molar-refractivity contribution in [2.45, 2.75) is 45.8 Å². The van der Waals surface area contributed by atoms with Gasteiger partial charge in [-0.05, 0) is 39.2 Å². The summed E-state index contributed by atoms with van der Waals surface area (Å²) in [6, 6.07) is 7.84. The molecule has 0 saturated carbocycles. The number of furan rings is 1. The van der Waals surface area contributed by atoms with E-state index < -0.39 is 18.3 Å². The lowest BCUT2D eigenvalue weighted by atomic mass is 9.77. The molecule has 1 aromatic carbocycles. The number of amides is 1. The Labute approximate surface area is 148 Å². The molecule has 0 bridgehead atoms. The van der Waals surface area contributed by atoms with Gasteiger partial charge in [0.2, 0.25) is 5.91 Å². The fourth-order valence-corrected chi connectivity index (χ4v) is 2.73. The van der Waals surface area contributed by atoms with Gasteiger partial charge in [-0.3, -0.25) is 4.79 Å². The van der Waals surface area contributed by atoms with Crippen LogP contribution in [0.5, 0.6) is 0 Å². The second-order valence-electron chi connectivity index (χ2n) is 7.40. The first-order valence-electron chi connectivity index (χ1n) is 8.46. The molecule has 0 aliphatic carbocycles. The highest BCUT2D eigenvalue weighted by atomic mass is 16.7. The summed E-state index contributed by atoms with van der Waals surface area (Å²) < 4.78 is 17.9. The fraction of sp³-hybridized carbons (Fsp3) is 0.421. The van der Waals surface area contributed by atoms with Gasteiger partial charge in [-0.15, -0.1) is 0 Å². The molecule has 25 heavy (non-hydrogen) atoms. The molecule has 1 aliphatic rings. The van der Waals surface area contributed by atoms with Gasteiger partial charge in [-0.2, -0.15) is 0 Å². The SMILES string of the molecule is CC(=O)NCC(=Cc1coc2ccccc12)B1OC(C)(C)C(C)(C)O1. The van der Waals surface area contributed by atoms with E-state index in [9.17, 15) is 4.79 Å². The lowest BCUT2D eigenvalue weighted by molar-refractivity contribution is -0.118. The molecule has 1 aliphatic heterocycles. The Morgan fingerprint density at radius 3 is 2.44 bits per heavy atom. The van der Waals surface area contributed by atoms with Gasteiger partial charge in [0.25, 0.3) is 0 Å². The maximum absolute atomic E-state index is 11.4. The summed E-state index contributed by atoms with van der Waals surface area (Å²) in [6.45, 7) is 9.89. The van der Waals surface area contributed by atoms with Crippen LogP contribution in [-0.4, -0.2) is 30.8 Å². The van der Waals surface area contributed by atoms with Gasteiger partial charge in [0.1, 0.15) is 5.58 Å². The molecule has 3 rings (SSSR count). The lowest BCUT2D eigenvalue weighted by Crippen LogP contribution is -2.41. The van der Waals surface area contributed by atoms with Gasteiger partial charge in [0.15, 0.2) is 0 Å². The standard InChI is InChI=1S/C19H24BNO4/c1-13(22)21-11-15(20-24-18(2,3)19(4,5)25-20)10-14-12-23-17-9-7-6-8-16(14)17/h6-10,12H,11H2,1-5H3,(H,21,22). The van der Waals surface area contributed by atoms with Crippen LogP contribution in [0.1, 0.15) is 40.2 Å². The van der Waals surface area contributed by atoms with Crippen LogP contribution in [0.3, 0.4) is 0 Å². The zero-order valence-electron chi connectivity index (χ0n) is 15.4. The zero-order valence-corrected chi connectivity index (χ0v) is 15.4. The van der Waals surface area contributed by atoms with Crippen molar-refractivity contribution in [3.8, 4) is 0 Å². The highest BCUT2D eigenvalue weighted by molar-refractivity contribution is 6.56. The molecule has 0 unspecified atom stereocenters. The molecule has 0 spiro atoms. The van der Waals surface area contributed by atoms with Gasteiger partial charge < -0.3 is 19.0 Å². The lowest BCUT2D eigenvalue weighted by Gasteiger charge is -2.32. The van der Waals surface area contributed by atoms with E-state index in [1.54, 1.807) is 6.26 Å². The van der Waals surface area contributed by atoms with Crippen LogP contribution in [0.25, 0.3) is 17.0 Å². The van der Waals surface area contributed by atoms with Crippen molar-refractivity contribution in [2.75, 3.05) is 6.54 Å². The van der Waals surface area contributed by atoms with E-state index in [1.165, 1.54) is 6.92 Å². The highest BCUT2D eigenvalue weighted by Gasteiger charge is 2.52. The molecule has 2 heterocycles. The molecule has 1 aromatic heterocycles. The quantitative estimate of drug-likeness (QED) is 0.864. The number of rotatable bonds is 4. The third kappa shape index (κ3) is 3.50. The molecule has 0 radical (unpaired) electrons. The van der Waals surface area contributed by atoms with E-state index in [0.717, 1.165) is 22.0 Å². The van der Waals surface area contributed by atoms with Gasteiger partial charge in [-0.1, -0.05) is 24.3 Å². The molecule has 132 valence electrons. The molecule has 1 saturated heterocycles. The minimum absolute atomic E-state index is 0.0977. The topological polar surface area (TPSA) is 60.7 Å². The van der Waals surface area contributed by atoms with Crippen LogP contribution in [-0.2, 0) is 14.1 Å². The summed E-state index contributed by atoms with van der Waals surface area (Å²) in [5.74, 6) is -0.0977. The molecular formula is C19H24BNO4. The summed E-state index contributed by atoms with van der Waals surface area (Å²) in [4.78, 5) is 11.4. The Hall–Kier alpha value is -2.05. The van der Waals surface area contributed by atoms with Crippen molar-refractivity contribution in [2.24, 2.45) is 0 Å². The molecule has 2 aromatic rings. The normalized spacial score (nSPS) is 19.4. The number of para-hydroxylation sites is 1. The fourth-order valence-electron chi connectivity index (χ4n) is 2.73. The molecule has 5 nitrogen and oxygen atoms in total. The van der Waals surface area contributed by atoms with Crippen molar-refractivity contribution in [3.63, 3.8) is 0 Å². The van der Waals surface area contributed by atoms with Crippen molar-refractivity contribution < 1.29 is 18.5 Å². The number of hydrogen-bond acceptors (Lipinski definition) is 4. The number of nitrogens with one attached hydrogen (secondary N) is 1. The predicted molar refractivity (Wildman–Crippen MR) is 99.0 cm³/mol. The predicted octanol–water partition coefficient (Wildman–Crippen LogP) is 3.58. The first-order chi connectivity index (χ1) is 11.7. The largest absolute Gasteiger partial charge is 0.492 e. The van der Waals surface area contributed by atoms with Crippen LogP contribution in [0, 0.1) is 0 Å². The maximum Gasteiger partial charge on any atom is 0.492 e. The summed E-state index contributed by atoms with van der Waals surface area (Å²) >= 11 is 0. The van der Waals surface area contributed by atoms with Crippen molar-refractivity contribution in [1.82, 2.24) is 5.32 Å². The van der Waals surface area contributed by atoms with E-state index in [4.69, 9.17) is 13.7 Å².